The van der Waals surface area contributed by atoms with E-state index >= 15 is 0 Å². The second kappa shape index (κ2) is 8.97. The number of anilines is 1. The Labute approximate surface area is 174 Å². The van der Waals surface area contributed by atoms with Gasteiger partial charge in [-0.1, -0.05) is 48.0 Å². The van der Waals surface area contributed by atoms with Crippen LogP contribution in [0.4, 0.5) is 5.69 Å². The zero-order chi connectivity index (χ0) is 20.9. The second-order valence-corrected chi connectivity index (χ2v) is 8.17. The van der Waals surface area contributed by atoms with Crippen LogP contribution in [0.25, 0.3) is 0 Å². The van der Waals surface area contributed by atoms with Gasteiger partial charge in [0, 0.05) is 6.54 Å². The zero-order valence-electron chi connectivity index (χ0n) is 15.3. The Morgan fingerprint density at radius 1 is 1.03 bits per heavy atom. The molecule has 3 aromatic carbocycles. The van der Waals surface area contributed by atoms with Gasteiger partial charge in [-0.25, -0.2) is 13.6 Å². The Bertz CT molecular complexity index is 1170. The van der Waals surface area contributed by atoms with Crippen molar-refractivity contribution in [3.63, 3.8) is 0 Å². The normalized spacial score (nSPS) is 10.9. The first kappa shape index (κ1) is 20.7. The smallest absolute Gasteiger partial charge is 0.238 e. The fourth-order valence-electron chi connectivity index (χ4n) is 2.73. The number of halogens is 1. The molecule has 0 bridgehead atoms. The lowest BCUT2D eigenvalue weighted by atomic mass is 10.1. The first-order chi connectivity index (χ1) is 13.9. The Morgan fingerprint density at radius 3 is 2.41 bits per heavy atom. The second-order valence-electron chi connectivity index (χ2n) is 6.21. The maximum absolute atomic E-state index is 11.5. The SMILES string of the molecule is N#Cc1cc(S(N)(=O)=O)ccc1NCc1ccccc1COc1ccccc1Cl. The molecule has 0 aromatic heterocycles. The highest BCUT2D eigenvalue weighted by Crippen LogP contribution is 2.25. The summed E-state index contributed by atoms with van der Waals surface area (Å²) in [6, 6.07) is 21.1. The molecule has 0 spiro atoms. The average molecular weight is 428 g/mol. The number of hydrogen-bond acceptors (Lipinski definition) is 5. The number of nitrogens with zero attached hydrogens (tertiary/aromatic N) is 1. The van der Waals surface area contributed by atoms with Crippen LogP contribution in [-0.2, 0) is 23.2 Å². The third-order valence-electron chi connectivity index (χ3n) is 4.25. The van der Waals surface area contributed by atoms with Crippen LogP contribution in [0.5, 0.6) is 5.75 Å². The van der Waals surface area contributed by atoms with Crippen LogP contribution in [0.3, 0.4) is 0 Å². The molecule has 3 rings (SSSR count). The van der Waals surface area contributed by atoms with Crippen molar-refractivity contribution in [3.8, 4) is 11.8 Å². The zero-order valence-corrected chi connectivity index (χ0v) is 16.9. The van der Waals surface area contributed by atoms with Gasteiger partial charge in [-0.2, -0.15) is 5.26 Å². The minimum atomic E-state index is -3.87. The Kier molecular flexibility index (Phi) is 6.39. The van der Waals surface area contributed by atoms with Crippen molar-refractivity contribution in [2.24, 2.45) is 5.14 Å². The van der Waals surface area contributed by atoms with Crippen LogP contribution in [0.1, 0.15) is 16.7 Å². The van der Waals surface area contributed by atoms with E-state index in [-0.39, 0.29) is 10.5 Å². The first-order valence-electron chi connectivity index (χ1n) is 8.63. The van der Waals surface area contributed by atoms with Gasteiger partial charge in [0.25, 0.3) is 0 Å². The number of hydrogen-bond donors (Lipinski definition) is 2. The molecule has 0 heterocycles. The molecule has 3 N–H and O–H groups in total. The third kappa shape index (κ3) is 5.27. The number of ether oxygens (including phenoxy) is 1. The number of nitriles is 1. The van der Waals surface area contributed by atoms with E-state index in [0.29, 0.717) is 29.6 Å². The van der Waals surface area contributed by atoms with E-state index in [2.05, 4.69) is 5.32 Å². The molecular weight excluding hydrogens is 410 g/mol. The van der Waals surface area contributed by atoms with Gasteiger partial charge in [0.1, 0.15) is 18.4 Å². The predicted octanol–water partition coefficient (Wildman–Crippen LogP) is 4.05. The van der Waals surface area contributed by atoms with Crippen molar-refractivity contribution in [1.29, 1.82) is 5.26 Å². The fourth-order valence-corrected chi connectivity index (χ4v) is 3.46. The van der Waals surface area contributed by atoms with Gasteiger partial charge < -0.3 is 10.1 Å². The number of nitrogens with one attached hydrogen (secondary N) is 1. The number of benzene rings is 3. The molecule has 0 unspecified atom stereocenters. The molecule has 0 saturated heterocycles. The molecule has 0 saturated carbocycles. The molecule has 0 atom stereocenters. The Morgan fingerprint density at radius 2 is 1.72 bits per heavy atom. The molecule has 0 amide bonds. The molecule has 148 valence electrons. The third-order valence-corrected chi connectivity index (χ3v) is 5.47. The van der Waals surface area contributed by atoms with Gasteiger partial charge in [0.2, 0.25) is 10.0 Å². The molecule has 0 aliphatic heterocycles. The van der Waals surface area contributed by atoms with Gasteiger partial charge in [0.15, 0.2) is 0 Å². The highest BCUT2D eigenvalue weighted by molar-refractivity contribution is 7.89. The fraction of sp³-hybridized carbons (Fsp3) is 0.0952. The maximum Gasteiger partial charge on any atom is 0.238 e. The minimum Gasteiger partial charge on any atom is -0.487 e. The van der Waals surface area contributed by atoms with Gasteiger partial charge >= 0.3 is 0 Å². The summed E-state index contributed by atoms with van der Waals surface area (Å²) in [7, 11) is -3.87. The largest absolute Gasteiger partial charge is 0.487 e. The summed E-state index contributed by atoms with van der Waals surface area (Å²) in [6.07, 6.45) is 0. The number of nitrogens with two attached hydrogens (primary N) is 1. The van der Waals surface area contributed by atoms with E-state index in [1.165, 1.54) is 18.2 Å². The van der Waals surface area contributed by atoms with Crippen LogP contribution >= 0.6 is 11.6 Å². The van der Waals surface area contributed by atoms with Gasteiger partial charge in [0.05, 0.1) is 21.2 Å². The molecule has 0 aliphatic rings. The van der Waals surface area contributed by atoms with E-state index in [0.717, 1.165) is 11.1 Å². The predicted molar refractivity (Wildman–Crippen MR) is 112 cm³/mol. The van der Waals surface area contributed by atoms with Crippen LogP contribution < -0.4 is 15.2 Å². The highest BCUT2D eigenvalue weighted by Gasteiger charge is 2.12. The van der Waals surface area contributed by atoms with Crippen LogP contribution in [0, 0.1) is 11.3 Å². The highest BCUT2D eigenvalue weighted by atomic mass is 35.5. The molecule has 0 fully saturated rings. The van der Waals surface area contributed by atoms with E-state index in [4.69, 9.17) is 21.5 Å². The van der Waals surface area contributed by atoms with Crippen molar-refractivity contribution >= 4 is 27.3 Å². The van der Waals surface area contributed by atoms with Crippen molar-refractivity contribution in [3.05, 3.63) is 88.4 Å². The monoisotopic (exact) mass is 427 g/mol. The molecule has 6 nitrogen and oxygen atoms in total. The number of primary sulfonamides is 1. The van der Waals surface area contributed by atoms with E-state index in [9.17, 15) is 13.7 Å². The Hall–Kier alpha value is -3.05. The molecule has 0 radical (unpaired) electrons. The summed E-state index contributed by atoms with van der Waals surface area (Å²) in [5, 5.41) is 18.2. The van der Waals surface area contributed by atoms with Crippen LogP contribution in [0.2, 0.25) is 5.02 Å². The van der Waals surface area contributed by atoms with Gasteiger partial charge in [-0.3, -0.25) is 0 Å². The summed E-state index contributed by atoms with van der Waals surface area (Å²) >= 11 is 6.13. The number of para-hydroxylation sites is 1. The lowest BCUT2D eigenvalue weighted by molar-refractivity contribution is 0.305. The van der Waals surface area contributed by atoms with Gasteiger partial charge in [-0.05, 0) is 41.5 Å². The van der Waals surface area contributed by atoms with Crippen molar-refractivity contribution in [2.75, 3.05) is 5.32 Å². The average Bonchev–Trinajstić information content (AvgIpc) is 2.71. The first-order valence-corrected chi connectivity index (χ1v) is 10.6. The van der Waals surface area contributed by atoms with Gasteiger partial charge in [-0.15, -0.1) is 0 Å². The summed E-state index contributed by atoms with van der Waals surface area (Å²) in [5.41, 5.74) is 2.64. The number of sulfonamides is 1. The molecule has 0 aliphatic carbocycles. The number of rotatable bonds is 7. The standard InChI is InChI=1S/C21H18ClN3O3S/c22-19-7-3-4-8-21(19)28-14-16-6-2-1-5-15(16)13-25-20-10-9-18(29(24,26)27)11-17(20)12-23/h1-11,25H,13-14H2,(H2,24,26,27). The minimum absolute atomic E-state index is 0.104. The summed E-state index contributed by atoms with van der Waals surface area (Å²) in [6.45, 7) is 0.752. The lowest BCUT2D eigenvalue weighted by Crippen LogP contribution is -2.13. The van der Waals surface area contributed by atoms with E-state index in [1.807, 2.05) is 42.5 Å². The summed E-state index contributed by atoms with van der Waals surface area (Å²) in [5.74, 6) is 0.599. The maximum atomic E-state index is 11.5. The quantitative estimate of drug-likeness (QED) is 0.591. The summed E-state index contributed by atoms with van der Waals surface area (Å²) in [4.78, 5) is -0.104. The van der Waals surface area contributed by atoms with E-state index in [1.54, 1.807) is 12.1 Å². The van der Waals surface area contributed by atoms with Crippen molar-refractivity contribution in [1.82, 2.24) is 0 Å². The lowest BCUT2D eigenvalue weighted by Gasteiger charge is -2.14. The van der Waals surface area contributed by atoms with Crippen LogP contribution in [0.15, 0.2) is 71.6 Å². The molecule has 8 heteroatoms. The molecular formula is C21H18ClN3O3S. The molecule has 29 heavy (non-hydrogen) atoms. The summed E-state index contributed by atoms with van der Waals surface area (Å²) < 4.78 is 28.8. The van der Waals surface area contributed by atoms with Crippen molar-refractivity contribution < 1.29 is 13.2 Å². The van der Waals surface area contributed by atoms with E-state index < -0.39 is 10.0 Å². The Balaban J connectivity index is 1.75. The molecule has 3 aromatic rings. The van der Waals surface area contributed by atoms with Crippen molar-refractivity contribution in [2.45, 2.75) is 18.0 Å². The topological polar surface area (TPSA) is 105 Å². The van der Waals surface area contributed by atoms with Crippen LogP contribution in [-0.4, -0.2) is 8.42 Å².